The third kappa shape index (κ3) is 6.75. The van der Waals surface area contributed by atoms with Crippen molar-refractivity contribution in [2.45, 2.75) is 32.7 Å². The van der Waals surface area contributed by atoms with Crippen LogP contribution in [0.2, 0.25) is 5.02 Å². The molecule has 9 heteroatoms. The quantitative estimate of drug-likeness (QED) is 0.596. The van der Waals surface area contributed by atoms with Gasteiger partial charge >= 0.3 is 12.0 Å². The zero-order valence-electron chi connectivity index (χ0n) is 18.1. The van der Waals surface area contributed by atoms with Gasteiger partial charge in [0.15, 0.2) is 0 Å². The summed E-state index contributed by atoms with van der Waals surface area (Å²) in [6, 6.07) is 10.1. The fourth-order valence-corrected chi connectivity index (χ4v) is 3.82. The number of carbonyl (C=O) groups excluding carboxylic acids is 3. The Labute approximate surface area is 192 Å². The summed E-state index contributed by atoms with van der Waals surface area (Å²) in [5.41, 5.74) is 0.569. The molecule has 0 unspecified atom stereocenters. The summed E-state index contributed by atoms with van der Waals surface area (Å²) in [5.74, 6) is 0.223. The molecule has 2 aromatic rings. The lowest BCUT2D eigenvalue weighted by Gasteiger charge is -2.31. The Balaban J connectivity index is 1.56. The standard InChI is InChI=1S/C23H28ClN3O5/c1-2-31-22(29)17-8-11-26(12-9-17)21(28)10-13-27(16-20-7-4-14-32-20)23(30)25-19-6-3-5-18(24)15-19/h3-7,14-15,17H,2,8-13,16H2,1H3,(H,25,30). The van der Waals surface area contributed by atoms with E-state index < -0.39 is 0 Å². The lowest BCUT2D eigenvalue weighted by Crippen LogP contribution is -2.43. The summed E-state index contributed by atoms with van der Waals surface area (Å²) >= 11 is 6.00. The second-order valence-electron chi connectivity index (χ2n) is 7.60. The van der Waals surface area contributed by atoms with Crippen molar-refractivity contribution in [3.05, 3.63) is 53.4 Å². The number of nitrogens with one attached hydrogen (secondary N) is 1. The maximum absolute atomic E-state index is 12.9. The van der Waals surface area contributed by atoms with Gasteiger partial charge in [0.05, 0.1) is 25.3 Å². The summed E-state index contributed by atoms with van der Waals surface area (Å²) in [7, 11) is 0. The molecule has 1 saturated heterocycles. The van der Waals surface area contributed by atoms with Gasteiger partial charge in [-0.15, -0.1) is 0 Å². The minimum absolute atomic E-state index is 0.0488. The van der Waals surface area contributed by atoms with Crippen LogP contribution in [0, 0.1) is 5.92 Å². The zero-order valence-corrected chi connectivity index (χ0v) is 18.8. The van der Waals surface area contributed by atoms with Crippen LogP contribution in [0.4, 0.5) is 10.5 Å². The highest BCUT2D eigenvalue weighted by Gasteiger charge is 2.28. The molecule has 8 nitrogen and oxygen atoms in total. The van der Waals surface area contributed by atoms with Gasteiger partial charge in [-0.25, -0.2) is 4.79 Å². The molecule has 1 N–H and O–H groups in total. The number of rotatable bonds is 8. The normalized spacial score (nSPS) is 14.1. The highest BCUT2D eigenvalue weighted by atomic mass is 35.5. The highest BCUT2D eigenvalue weighted by molar-refractivity contribution is 6.30. The molecule has 0 saturated carbocycles. The van der Waals surface area contributed by atoms with Gasteiger partial charge in [0.2, 0.25) is 5.91 Å². The summed E-state index contributed by atoms with van der Waals surface area (Å²) in [4.78, 5) is 40.8. The molecule has 1 aliphatic rings. The number of furan rings is 1. The van der Waals surface area contributed by atoms with Crippen LogP contribution in [0.1, 0.15) is 31.9 Å². The Bertz CT molecular complexity index is 910. The molecule has 3 amide bonds. The average Bonchev–Trinajstić information content (AvgIpc) is 3.30. The van der Waals surface area contributed by atoms with Gasteiger partial charge in [-0.3, -0.25) is 9.59 Å². The van der Waals surface area contributed by atoms with Gasteiger partial charge in [-0.2, -0.15) is 0 Å². The Morgan fingerprint density at radius 1 is 1.22 bits per heavy atom. The number of amides is 3. The van der Waals surface area contributed by atoms with Crippen molar-refractivity contribution in [1.82, 2.24) is 9.80 Å². The molecule has 32 heavy (non-hydrogen) atoms. The van der Waals surface area contributed by atoms with Crippen LogP contribution in [0.5, 0.6) is 0 Å². The van der Waals surface area contributed by atoms with Crippen molar-refractivity contribution in [3.63, 3.8) is 0 Å². The number of piperidine rings is 1. The molecule has 0 bridgehead atoms. The molecule has 0 radical (unpaired) electrons. The molecule has 172 valence electrons. The van der Waals surface area contributed by atoms with Crippen LogP contribution in [0.3, 0.4) is 0 Å². The molecular formula is C23H28ClN3O5. The Morgan fingerprint density at radius 2 is 2.00 bits per heavy atom. The first-order valence-electron chi connectivity index (χ1n) is 10.7. The van der Waals surface area contributed by atoms with Crippen molar-refractivity contribution < 1.29 is 23.5 Å². The van der Waals surface area contributed by atoms with Crippen molar-refractivity contribution in [3.8, 4) is 0 Å². The van der Waals surface area contributed by atoms with Crippen LogP contribution in [0.15, 0.2) is 47.1 Å². The van der Waals surface area contributed by atoms with Gasteiger partial charge in [0.1, 0.15) is 5.76 Å². The minimum Gasteiger partial charge on any atom is -0.467 e. The molecule has 0 spiro atoms. The van der Waals surface area contributed by atoms with Gasteiger partial charge in [-0.1, -0.05) is 17.7 Å². The number of urea groups is 1. The van der Waals surface area contributed by atoms with E-state index in [-0.39, 0.29) is 43.3 Å². The molecule has 1 aromatic heterocycles. The molecule has 1 fully saturated rings. The number of benzene rings is 1. The monoisotopic (exact) mass is 461 g/mol. The van der Waals surface area contributed by atoms with Gasteiger partial charge in [-0.05, 0) is 50.1 Å². The molecule has 2 heterocycles. The summed E-state index contributed by atoms with van der Waals surface area (Å²) in [6.45, 7) is 3.63. The predicted molar refractivity (Wildman–Crippen MR) is 120 cm³/mol. The summed E-state index contributed by atoms with van der Waals surface area (Å²) in [5, 5.41) is 3.33. The fraction of sp³-hybridized carbons (Fsp3) is 0.435. The van der Waals surface area contributed by atoms with E-state index >= 15 is 0 Å². The molecule has 0 atom stereocenters. The second-order valence-corrected chi connectivity index (χ2v) is 8.03. The lowest BCUT2D eigenvalue weighted by atomic mass is 9.97. The molecule has 1 aliphatic heterocycles. The van der Waals surface area contributed by atoms with Gasteiger partial charge in [0, 0.05) is 36.8 Å². The number of halogens is 1. The average molecular weight is 462 g/mol. The van der Waals surface area contributed by atoms with E-state index in [1.54, 1.807) is 54.5 Å². The first-order valence-corrected chi connectivity index (χ1v) is 11.1. The fourth-order valence-electron chi connectivity index (χ4n) is 3.63. The Hall–Kier alpha value is -3.00. The van der Waals surface area contributed by atoms with Gasteiger partial charge in [0.25, 0.3) is 0 Å². The van der Waals surface area contributed by atoms with Gasteiger partial charge < -0.3 is 24.3 Å². The van der Waals surface area contributed by atoms with Crippen LogP contribution in [-0.4, -0.2) is 53.9 Å². The maximum atomic E-state index is 12.9. The molecule has 3 rings (SSSR count). The largest absolute Gasteiger partial charge is 0.467 e. The Kier molecular flexibility index (Phi) is 8.56. The summed E-state index contributed by atoms with van der Waals surface area (Å²) < 4.78 is 10.5. The zero-order chi connectivity index (χ0) is 22.9. The third-order valence-electron chi connectivity index (χ3n) is 5.35. The van der Waals surface area contributed by atoms with Crippen molar-refractivity contribution in [1.29, 1.82) is 0 Å². The second kappa shape index (κ2) is 11.6. The smallest absolute Gasteiger partial charge is 0.322 e. The van der Waals surface area contributed by atoms with Crippen molar-refractivity contribution >= 4 is 35.2 Å². The number of anilines is 1. The number of hydrogen-bond donors (Lipinski definition) is 1. The van der Waals surface area contributed by atoms with Crippen LogP contribution in [-0.2, 0) is 20.9 Å². The topological polar surface area (TPSA) is 92.1 Å². The number of carbonyl (C=O) groups is 3. The number of hydrogen-bond acceptors (Lipinski definition) is 5. The highest BCUT2D eigenvalue weighted by Crippen LogP contribution is 2.20. The minimum atomic E-state index is -0.350. The predicted octanol–water partition coefficient (Wildman–Crippen LogP) is 4.16. The van der Waals surface area contributed by atoms with Crippen LogP contribution >= 0.6 is 11.6 Å². The SMILES string of the molecule is CCOC(=O)C1CCN(C(=O)CCN(Cc2ccco2)C(=O)Nc2cccc(Cl)c2)CC1. The number of ether oxygens (including phenoxy) is 1. The van der Waals surface area contributed by atoms with Crippen LogP contribution in [0.25, 0.3) is 0 Å². The van der Waals surface area contributed by atoms with Crippen molar-refractivity contribution in [2.24, 2.45) is 5.92 Å². The maximum Gasteiger partial charge on any atom is 0.322 e. The molecule has 0 aliphatic carbocycles. The van der Waals surface area contributed by atoms with E-state index in [1.165, 1.54) is 4.90 Å². The molecule has 1 aromatic carbocycles. The first-order chi connectivity index (χ1) is 15.5. The molecular weight excluding hydrogens is 434 g/mol. The third-order valence-corrected chi connectivity index (χ3v) is 5.59. The van der Waals surface area contributed by atoms with E-state index in [9.17, 15) is 14.4 Å². The van der Waals surface area contributed by atoms with E-state index in [0.717, 1.165) is 0 Å². The van der Waals surface area contributed by atoms with E-state index in [2.05, 4.69) is 5.32 Å². The van der Waals surface area contributed by atoms with E-state index in [0.29, 0.717) is 49.0 Å². The Morgan fingerprint density at radius 3 is 2.66 bits per heavy atom. The van der Waals surface area contributed by atoms with E-state index in [1.807, 2.05) is 0 Å². The van der Waals surface area contributed by atoms with E-state index in [4.69, 9.17) is 20.8 Å². The number of likely N-dealkylation sites (tertiary alicyclic amines) is 1. The summed E-state index contributed by atoms with van der Waals surface area (Å²) in [6.07, 6.45) is 2.90. The first kappa shape index (κ1) is 23.7. The van der Waals surface area contributed by atoms with Crippen molar-refractivity contribution in [2.75, 3.05) is 31.6 Å². The van der Waals surface area contributed by atoms with Crippen LogP contribution < -0.4 is 5.32 Å². The lowest BCUT2D eigenvalue weighted by molar-refractivity contribution is -0.151. The number of nitrogens with zero attached hydrogens (tertiary/aromatic N) is 2. The number of esters is 1.